The summed E-state index contributed by atoms with van der Waals surface area (Å²) in [5.74, 6) is -0.128. The summed E-state index contributed by atoms with van der Waals surface area (Å²) in [6, 6.07) is 6.58. The maximum absolute atomic E-state index is 11.7. The molecule has 0 aliphatic rings. The van der Waals surface area contributed by atoms with E-state index in [2.05, 4.69) is 0 Å². The molecule has 0 fully saturated rings. The number of nitrogens with zero attached hydrogens (tertiary/aromatic N) is 1. The van der Waals surface area contributed by atoms with Gasteiger partial charge in [-0.05, 0) is 23.8 Å². The molecule has 18 heavy (non-hydrogen) atoms. The summed E-state index contributed by atoms with van der Waals surface area (Å²) < 4.78 is 4.91. The van der Waals surface area contributed by atoms with Crippen LogP contribution in [-0.2, 0) is 4.79 Å². The lowest BCUT2D eigenvalue weighted by atomic mass is 10.00. The molecular weight excluding hydrogens is 230 g/mol. The van der Waals surface area contributed by atoms with Crippen molar-refractivity contribution in [3.63, 3.8) is 0 Å². The van der Waals surface area contributed by atoms with E-state index in [1.807, 2.05) is 6.07 Å². The molecule has 0 amide bonds. The molecule has 0 saturated heterocycles. The first kappa shape index (κ1) is 13.8. The molecule has 1 N–H and O–H groups in total. The first-order chi connectivity index (χ1) is 8.49. The van der Waals surface area contributed by atoms with Crippen molar-refractivity contribution in [2.45, 2.75) is 13.8 Å². The van der Waals surface area contributed by atoms with E-state index in [1.54, 1.807) is 26.0 Å². The fourth-order valence-corrected chi connectivity index (χ4v) is 1.43. The molecule has 0 unspecified atom stereocenters. The maximum Gasteiger partial charge on any atom is 0.175 e. The topological polar surface area (TPSA) is 70.3 Å². The summed E-state index contributed by atoms with van der Waals surface area (Å²) >= 11 is 0. The summed E-state index contributed by atoms with van der Waals surface area (Å²) in [7, 11) is 1.45. The van der Waals surface area contributed by atoms with Crippen LogP contribution in [-0.4, -0.2) is 18.0 Å². The van der Waals surface area contributed by atoms with Gasteiger partial charge < -0.3 is 9.84 Å². The zero-order valence-corrected chi connectivity index (χ0v) is 10.6. The molecule has 0 bridgehead atoms. The molecule has 0 aliphatic carbocycles. The van der Waals surface area contributed by atoms with Crippen LogP contribution in [0.2, 0.25) is 0 Å². The largest absolute Gasteiger partial charge is 0.504 e. The van der Waals surface area contributed by atoms with Gasteiger partial charge in [0.15, 0.2) is 17.3 Å². The van der Waals surface area contributed by atoms with Gasteiger partial charge in [0, 0.05) is 5.92 Å². The quantitative estimate of drug-likeness (QED) is 0.653. The molecular formula is C14H15NO3. The van der Waals surface area contributed by atoms with Gasteiger partial charge in [-0.15, -0.1) is 0 Å². The van der Waals surface area contributed by atoms with Crippen molar-refractivity contribution in [2.75, 3.05) is 7.11 Å². The van der Waals surface area contributed by atoms with E-state index < -0.39 is 0 Å². The Bertz CT molecular complexity index is 524. The van der Waals surface area contributed by atoms with E-state index in [-0.39, 0.29) is 23.0 Å². The minimum atomic E-state index is -0.234. The predicted octanol–water partition coefficient (Wildman–Crippen LogP) is 2.53. The molecule has 0 aliphatic heterocycles. The van der Waals surface area contributed by atoms with Crippen LogP contribution in [0.1, 0.15) is 19.4 Å². The van der Waals surface area contributed by atoms with Gasteiger partial charge in [-0.2, -0.15) is 5.26 Å². The van der Waals surface area contributed by atoms with Gasteiger partial charge in [0.1, 0.15) is 6.07 Å². The van der Waals surface area contributed by atoms with Crippen molar-refractivity contribution in [3.05, 3.63) is 29.3 Å². The highest BCUT2D eigenvalue weighted by atomic mass is 16.5. The van der Waals surface area contributed by atoms with Crippen molar-refractivity contribution in [1.29, 1.82) is 5.26 Å². The van der Waals surface area contributed by atoms with Crippen molar-refractivity contribution in [2.24, 2.45) is 5.92 Å². The lowest BCUT2D eigenvalue weighted by Crippen LogP contribution is -2.08. The fraction of sp³-hybridized carbons (Fsp3) is 0.286. The molecule has 94 valence electrons. The maximum atomic E-state index is 11.7. The first-order valence-corrected chi connectivity index (χ1v) is 5.52. The number of methoxy groups -OCH3 is 1. The van der Waals surface area contributed by atoms with E-state index in [0.29, 0.717) is 11.3 Å². The monoisotopic (exact) mass is 245 g/mol. The number of benzene rings is 1. The van der Waals surface area contributed by atoms with Gasteiger partial charge in [0.05, 0.1) is 12.7 Å². The Morgan fingerprint density at radius 1 is 1.50 bits per heavy atom. The van der Waals surface area contributed by atoms with Crippen molar-refractivity contribution in [3.8, 4) is 17.6 Å². The molecule has 0 saturated carbocycles. The Labute approximate surface area is 106 Å². The van der Waals surface area contributed by atoms with Gasteiger partial charge in [-0.25, -0.2) is 0 Å². The minimum absolute atomic E-state index is 0.0273. The molecule has 0 heterocycles. The lowest BCUT2D eigenvalue weighted by molar-refractivity contribution is -0.117. The SMILES string of the molecule is COc1ccc(C=C(C#N)C(=O)C(C)C)cc1O. The van der Waals surface area contributed by atoms with Crippen LogP contribution in [0.5, 0.6) is 11.5 Å². The Morgan fingerprint density at radius 3 is 2.61 bits per heavy atom. The zero-order chi connectivity index (χ0) is 13.7. The van der Waals surface area contributed by atoms with Crippen LogP contribution in [0.4, 0.5) is 0 Å². The number of hydrogen-bond acceptors (Lipinski definition) is 4. The Morgan fingerprint density at radius 2 is 2.17 bits per heavy atom. The number of aromatic hydroxyl groups is 1. The van der Waals surface area contributed by atoms with E-state index in [4.69, 9.17) is 10.00 Å². The molecule has 4 heteroatoms. The Balaban J connectivity index is 3.12. The highest BCUT2D eigenvalue weighted by Gasteiger charge is 2.13. The summed E-state index contributed by atoms with van der Waals surface area (Å²) in [6.45, 7) is 3.47. The van der Waals surface area contributed by atoms with Crippen LogP contribution >= 0.6 is 0 Å². The number of phenols is 1. The van der Waals surface area contributed by atoms with E-state index >= 15 is 0 Å². The average Bonchev–Trinajstić information content (AvgIpc) is 2.35. The van der Waals surface area contributed by atoms with E-state index in [1.165, 1.54) is 19.3 Å². The van der Waals surface area contributed by atoms with Crippen LogP contribution in [0.25, 0.3) is 6.08 Å². The third kappa shape index (κ3) is 3.11. The molecule has 4 nitrogen and oxygen atoms in total. The molecule has 1 aromatic carbocycles. The number of rotatable bonds is 4. The summed E-state index contributed by atoms with van der Waals surface area (Å²) in [5, 5.41) is 18.6. The first-order valence-electron chi connectivity index (χ1n) is 5.52. The number of nitriles is 1. The van der Waals surface area contributed by atoms with Gasteiger partial charge >= 0.3 is 0 Å². The second-order valence-electron chi connectivity index (χ2n) is 4.12. The average molecular weight is 245 g/mol. The highest BCUT2D eigenvalue weighted by Crippen LogP contribution is 2.27. The van der Waals surface area contributed by atoms with Crippen molar-refractivity contribution in [1.82, 2.24) is 0 Å². The Kier molecular flexibility index (Phi) is 4.50. The van der Waals surface area contributed by atoms with Crippen LogP contribution in [0, 0.1) is 17.2 Å². The third-order valence-corrected chi connectivity index (χ3v) is 2.42. The number of ketones is 1. The molecule has 0 spiro atoms. The second-order valence-corrected chi connectivity index (χ2v) is 4.12. The summed E-state index contributed by atoms with van der Waals surface area (Å²) in [4.78, 5) is 11.7. The predicted molar refractivity (Wildman–Crippen MR) is 68.1 cm³/mol. The second kappa shape index (κ2) is 5.87. The van der Waals surface area contributed by atoms with Crippen LogP contribution in [0.15, 0.2) is 23.8 Å². The van der Waals surface area contributed by atoms with Crippen LogP contribution in [0.3, 0.4) is 0 Å². The number of Topliss-reactive ketones (excluding diaryl/α,β-unsaturated/α-hetero) is 1. The smallest absolute Gasteiger partial charge is 0.175 e. The lowest BCUT2D eigenvalue weighted by Gasteiger charge is -2.05. The minimum Gasteiger partial charge on any atom is -0.504 e. The summed E-state index contributed by atoms with van der Waals surface area (Å²) in [6.07, 6.45) is 1.46. The normalized spacial score (nSPS) is 11.2. The molecule has 0 radical (unpaired) electrons. The zero-order valence-electron chi connectivity index (χ0n) is 10.6. The molecule has 0 aromatic heterocycles. The Hall–Kier alpha value is -2.28. The standard InChI is InChI=1S/C14H15NO3/c1-9(2)14(17)11(8-15)6-10-4-5-13(18-3)12(16)7-10/h4-7,9,16H,1-3H3. The summed E-state index contributed by atoms with van der Waals surface area (Å²) in [5.41, 5.74) is 0.661. The van der Waals surface area contributed by atoms with Gasteiger partial charge in [-0.1, -0.05) is 19.9 Å². The number of carbonyl (C=O) groups excluding carboxylic acids is 1. The van der Waals surface area contributed by atoms with Crippen molar-refractivity contribution < 1.29 is 14.6 Å². The molecule has 0 atom stereocenters. The van der Waals surface area contributed by atoms with Crippen LogP contribution < -0.4 is 4.74 Å². The number of carbonyl (C=O) groups is 1. The number of ether oxygens (including phenoxy) is 1. The fourth-order valence-electron chi connectivity index (χ4n) is 1.43. The number of allylic oxidation sites excluding steroid dienone is 1. The molecule has 1 rings (SSSR count). The van der Waals surface area contributed by atoms with E-state index in [0.717, 1.165) is 0 Å². The molecule has 1 aromatic rings. The highest BCUT2D eigenvalue weighted by molar-refractivity contribution is 6.04. The number of hydrogen-bond donors (Lipinski definition) is 1. The third-order valence-electron chi connectivity index (χ3n) is 2.42. The van der Waals surface area contributed by atoms with Crippen molar-refractivity contribution >= 4 is 11.9 Å². The van der Waals surface area contributed by atoms with Gasteiger partial charge in [-0.3, -0.25) is 4.79 Å². The van der Waals surface area contributed by atoms with E-state index in [9.17, 15) is 9.90 Å². The van der Waals surface area contributed by atoms with Gasteiger partial charge in [0.2, 0.25) is 0 Å². The van der Waals surface area contributed by atoms with Gasteiger partial charge in [0.25, 0.3) is 0 Å². The number of phenolic OH excluding ortho intramolecular Hbond substituents is 1.